The average Bonchev–Trinajstić information content (AvgIpc) is 2.36. The lowest BCUT2D eigenvalue weighted by atomic mass is 9.85. The topological polar surface area (TPSA) is 43.7 Å². The molecule has 1 heterocycles. The molecule has 1 saturated heterocycles. The van der Waals surface area contributed by atoms with Crippen LogP contribution >= 0.6 is 0 Å². The van der Waals surface area contributed by atoms with Crippen molar-refractivity contribution in [3.8, 4) is 0 Å². The molecule has 0 aliphatic carbocycles. The van der Waals surface area contributed by atoms with Gasteiger partial charge in [0, 0.05) is 26.1 Å². The quantitative estimate of drug-likeness (QED) is 0.847. The maximum atomic E-state index is 10.6. The molecule has 2 rings (SSSR count). The van der Waals surface area contributed by atoms with Crippen LogP contribution in [0.15, 0.2) is 24.3 Å². The first kappa shape index (κ1) is 13.5. The van der Waals surface area contributed by atoms with Crippen molar-refractivity contribution in [2.45, 2.75) is 31.8 Å². The Morgan fingerprint density at radius 3 is 2.33 bits per heavy atom. The fourth-order valence-corrected chi connectivity index (χ4v) is 2.60. The molecule has 1 aromatic rings. The van der Waals surface area contributed by atoms with Crippen molar-refractivity contribution in [1.82, 2.24) is 4.90 Å². The maximum absolute atomic E-state index is 10.6. The lowest BCUT2D eigenvalue weighted by Gasteiger charge is -2.38. The van der Waals surface area contributed by atoms with E-state index in [9.17, 15) is 5.11 Å². The fourth-order valence-electron chi connectivity index (χ4n) is 2.60. The highest BCUT2D eigenvalue weighted by atomic mass is 16.3. The molecule has 1 fully saturated rings. The summed E-state index contributed by atoms with van der Waals surface area (Å²) in [5.41, 5.74) is 1.89. The minimum atomic E-state index is -0.568. The molecule has 0 unspecified atom stereocenters. The monoisotopic (exact) mass is 249 g/mol. The van der Waals surface area contributed by atoms with Gasteiger partial charge in [-0.25, -0.2) is 0 Å². The van der Waals surface area contributed by atoms with E-state index >= 15 is 0 Å². The van der Waals surface area contributed by atoms with Gasteiger partial charge in [-0.1, -0.05) is 29.8 Å². The Morgan fingerprint density at radius 2 is 1.78 bits per heavy atom. The molecular weight excluding hydrogens is 226 g/mol. The van der Waals surface area contributed by atoms with Gasteiger partial charge >= 0.3 is 0 Å². The first-order valence-electron chi connectivity index (χ1n) is 6.72. The Kier molecular flexibility index (Phi) is 4.38. The van der Waals surface area contributed by atoms with Crippen LogP contribution in [0.1, 0.15) is 24.0 Å². The Labute approximate surface area is 109 Å². The van der Waals surface area contributed by atoms with Gasteiger partial charge in [0.2, 0.25) is 0 Å². The van der Waals surface area contributed by atoms with Gasteiger partial charge in [-0.05, 0) is 25.3 Å². The largest absolute Gasteiger partial charge is 0.395 e. The first-order valence-corrected chi connectivity index (χ1v) is 6.72. The molecule has 0 spiro atoms. The molecule has 0 aromatic heterocycles. The predicted octanol–water partition coefficient (Wildman–Crippen LogP) is 1.36. The molecule has 2 N–H and O–H groups in total. The number of aliphatic hydroxyl groups excluding tert-OH is 1. The van der Waals surface area contributed by atoms with Gasteiger partial charge in [-0.3, -0.25) is 0 Å². The van der Waals surface area contributed by atoms with Crippen LogP contribution in [-0.2, 0) is 6.42 Å². The molecule has 3 heteroatoms. The molecule has 1 aliphatic heterocycles. The van der Waals surface area contributed by atoms with Crippen molar-refractivity contribution in [2.24, 2.45) is 0 Å². The second-order valence-electron chi connectivity index (χ2n) is 5.45. The van der Waals surface area contributed by atoms with Crippen LogP contribution in [0, 0.1) is 6.92 Å². The summed E-state index contributed by atoms with van der Waals surface area (Å²) < 4.78 is 0. The highest BCUT2D eigenvalue weighted by Gasteiger charge is 2.31. The van der Waals surface area contributed by atoms with Crippen LogP contribution in [0.4, 0.5) is 0 Å². The summed E-state index contributed by atoms with van der Waals surface area (Å²) in [5, 5.41) is 19.5. The number of rotatable bonds is 4. The summed E-state index contributed by atoms with van der Waals surface area (Å²) in [6.07, 6.45) is 2.32. The van der Waals surface area contributed by atoms with E-state index in [0.717, 1.165) is 38.9 Å². The lowest BCUT2D eigenvalue weighted by molar-refractivity contribution is -0.0232. The molecule has 100 valence electrons. The molecular formula is C15H23NO2. The smallest absolute Gasteiger partial charge is 0.0712 e. The van der Waals surface area contributed by atoms with E-state index in [-0.39, 0.29) is 6.61 Å². The zero-order valence-electron chi connectivity index (χ0n) is 11.1. The normalized spacial score (nSPS) is 19.9. The van der Waals surface area contributed by atoms with Crippen LogP contribution in [0.3, 0.4) is 0 Å². The summed E-state index contributed by atoms with van der Waals surface area (Å²) in [5.74, 6) is 0. The van der Waals surface area contributed by atoms with Crippen molar-refractivity contribution in [3.63, 3.8) is 0 Å². The van der Waals surface area contributed by atoms with Crippen molar-refractivity contribution < 1.29 is 10.2 Å². The van der Waals surface area contributed by atoms with E-state index < -0.39 is 5.60 Å². The molecule has 1 aromatic carbocycles. The van der Waals surface area contributed by atoms with Gasteiger partial charge in [0.15, 0.2) is 0 Å². The molecule has 0 bridgehead atoms. The zero-order chi connectivity index (χ0) is 13.0. The molecule has 0 atom stereocenters. The van der Waals surface area contributed by atoms with Crippen LogP contribution in [0.2, 0.25) is 0 Å². The van der Waals surface area contributed by atoms with Crippen LogP contribution in [-0.4, -0.2) is 47.0 Å². The van der Waals surface area contributed by atoms with Gasteiger partial charge < -0.3 is 15.1 Å². The second-order valence-corrected chi connectivity index (χ2v) is 5.45. The Hall–Kier alpha value is -0.900. The van der Waals surface area contributed by atoms with Gasteiger partial charge in [0.05, 0.1) is 12.2 Å². The third-order valence-electron chi connectivity index (χ3n) is 3.86. The molecule has 0 amide bonds. The van der Waals surface area contributed by atoms with Crippen molar-refractivity contribution >= 4 is 0 Å². The highest BCUT2D eigenvalue weighted by Crippen LogP contribution is 2.26. The Morgan fingerprint density at radius 1 is 1.17 bits per heavy atom. The number of β-amino-alcohol motifs (C(OH)–C–C–N with tert-alkyl or cyclic N) is 1. The van der Waals surface area contributed by atoms with E-state index in [4.69, 9.17) is 5.11 Å². The number of aryl methyl sites for hydroxylation is 1. The maximum Gasteiger partial charge on any atom is 0.0712 e. The number of likely N-dealkylation sites (tertiary alicyclic amines) is 1. The number of benzene rings is 1. The predicted molar refractivity (Wildman–Crippen MR) is 72.6 cm³/mol. The Balaban J connectivity index is 1.91. The number of piperidine rings is 1. The van der Waals surface area contributed by atoms with Gasteiger partial charge in [0.25, 0.3) is 0 Å². The summed E-state index contributed by atoms with van der Waals surface area (Å²) in [6.45, 7) is 4.76. The lowest BCUT2D eigenvalue weighted by Crippen LogP contribution is -2.46. The van der Waals surface area contributed by atoms with Crippen LogP contribution in [0.5, 0.6) is 0 Å². The minimum Gasteiger partial charge on any atom is -0.395 e. The fraction of sp³-hybridized carbons (Fsp3) is 0.600. The third-order valence-corrected chi connectivity index (χ3v) is 3.86. The number of aliphatic hydroxyl groups is 2. The van der Waals surface area contributed by atoms with E-state index in [0.29, 0.717) is 0 Å². The number of hydrogen-bond donors (Lipinski definition) is 2. The SMILES string of the molecule is Cc1ccc(CC2(O)CCN(CCO)CC2)cc1. The summed E-state index contributed by atoms with van der Waals surface area (Å²) in [4.78, 5) is 2.21. The standard InChI is InChI=1S/C15H23NO2/c1-13-2-4-14(5-3-13)12-15(18)6-8-16(9-7-15)10-11-17/h2-5,17-18H,6-12H2,1H3. The van der Waals surface area contributed by atoms with Gasteiger partial charge in [-0.2, -0.15) is 0 Å². The summed E-state index contributed by atoms with van der Waals surface area (Å²) >= 11 is 0. The van der Waals surface area contributed by atoms with E-state index in [1.165, 1.54) is 11.1 Å². The van der Waals surface area contributed by atoms with E-state index in [1.54, 1.807) is 0 Å². The number of hydrogen-bond acceptors (Lipinski definition) is 3. The molecule has 3 nitrogen and oxygen atoms in total. The van der Waals surface area contributed by atoms with Gasteiger partial charge in [0.1, 0.15) is 0 Å². The molecule has 1 aliphatic rings. The zero-order valence-corrected chi connectivity index (χ0v) is 11.1. The van der Waals surface area contributed by atoms with Gasteiger partial charge in [-0.15, -0.1) is 0 Å². The summed E-state index contributed by atoms with van der Waals surface area (Å²) in [7, 11) is 0. The molecule has 0 radical (unpaired) electrons. The second kappa shape index (κ2) is 5.83. The van der Waals surface area contributed by atoms with E-state index in [2.05, 4.69) is 36.1 Å². The van der Waals surface area contributed by atoms with Crippen LogP contribution < -0.4 is 0 Å². The van der Waals surface area contributed by atoms with Crippen molar-refractivity contribution in [3.05, 3.63) is 35.4 Å². The first-order chi connectivity index (χ1) is 8.61. The minimum absolute atomic E-state index is 0.205. The Bertz CT molecular complexity index is 367. The molecule has 18 heavy (non-hydrogen) atoms. The average molecular weight is 249 g/mol. The number of nitrogens with zero attached hydrogens (tertiary/aromatic N) is 1. The third kappa shape index (κ3) is 3.55. The van der Waals surface area contributed by atoms with Crippen molar-refractivity contribution in [2.75, 3.05) is 26.2 Å². The van der Waals surface area contributed by atoms with Crippen molar-refractivity contribution in [1.29, 1.82) is 0 Å². The summed E-state index contributed by atoms with van der Waals surface area (Å²) in [6, 6.07) is 8.40. The molecule has 0 saturated carbocycles. The van der Waals surface area contributed by atoms with Crippen LogP contribution in [0.25, 0.3) is 0 Å². The highest BCUT2D eigenvalue weighted by molar-refractivity contribution is 5.23. The van der Waals surface area contributed by atoms with E-state index in [1.807, 2.05) is 0 Å².